The smallest absolute Gasteiger partial charge is 0.254 e. The third-order valence-corrected chi connectivity index (χ3v) is 2.97. The molecule has 2 rings (SSSR count). The van der Waals surface area contributed by atoms with E-state index in [4.69, 9.17) is 11.5 Å². The van der Waals surface area contributed by atoms with Crippen LogP contribution in [0, 0.1) is 11.8 Å². The average Bonchev–Trinajstić information content (AvgIpc) is 2.39. The number of alkyl halides is 2. The molecular formula is C7H12F2N2. The third-order valence-electron chi connectivity index (χ3n) is 2.97. The largest absolute Gasteiger partial charge is 0.326 e. The molecule has 64 valence electrons. The van der Waals surface area contributed by atoms with Crippen molar-refractivity contribution in [1.29, 1.82) is 0 Å². The van der Waals surface area contributed by atoms with E-state index in [9.17, 15) is 8.78 Å². The van der Waals surface area contributed by atoms with Crippen LogP contribution in [0.15, 0.2) is 0 Å². The molecule has 0 heterocycles. The summed E-state index contributed by atoms with van der Waals surface area (Å²) >= 11 is 0. The lowest BCUT2D eigenvalue weighted by molar-refractivity contribution is 0.0846. The summed E-state index contributed by atoms with van der Waals surface area (Å²) < 4.78 is 25.5. The van der Waals surface area contributed by atoms with E-state index < -0.39 is 17.8 Å². The summed E-state index contributed by atoms with van der Waals surface area (Å²) in [6.45, 7) is 0. The number of nitrogens with two attached hydrogens (primary N) is 2. The Morgan fingerprint density at radius 2 is 1.36 bits per heavy atom. The van der Waals surface area contributed by atoms with Crippen molar-refractivity contribution in [2.24, 2.45) is 23.3 Å². The number of rotatable bonds is 0. The van der Waals surface area contributed by atoms with Crippen LogP contribution in [0.5, 0.6) is 0 Å². The van der Waals surface area contributed by atoms with Crippen LogP contribution < -0.4 is 11.5 Å². The van der Waals surface area contributed by atoms with Gasteiger partial charge in [-0.3, -0.25) is 0 Å². The maximum Gasteiger partial charge on any atom is 0.254 e. The standard InChI is InChI=1S/C7H12F2N2/c8-7(9)3-1-5(10)6(11)2-4(3)7/h3-6H,1-2,10-11H2/t3?,4?,5-,6?/m0/s1. The van der Waals surface area contributed by atoms with Crippen molar-refractivity contribution in [2.75, 3.05) is 0 Å². The van der Waals surface area contributed by atoms with E-state index in [1.807, 2.05) is 0 Å². The Labute approximate surface area is 63.9 Å². The molecule has 2 saturated carbocycles. The fourth-order valence-electron chi connectivity index (χ4n) is 2.04. The molecule has 0 aromatic carbocycles. The molecule has 0 spiro atoms. The first-order valence-corrected chi connectivity index (χ1v) is 3.92. The van der Waals surface area contributed by atoms with Crippen molar-refractivity contribution in [3.05, 3.63) is 0 Å². The summed E-state index contributed by atoms with van der Waals surface area (Å²) in [5, 5.41) is 0. The van der Waals surface area contributed by atoms with Crippen LogP contribution in [0.25, 0.3) is 0 Å². The van der Waals surface area contributed by atoms with Gasteiger partial charge in [0, 0.05) is 23.9 Å². The number of hydrogen-bond acceptors (Lipinski definition) is 2. The van der Waals surface area contributed by atoms with E-state index in [2.05, 4.69) is 0 Å². The summed E-state index contributed by atoms with van der Waals surface area (Å²) in [4.78, 5) is 0. The molecule has 0 saturated heterocycles. The van der Waals surface area contributed by atoms with Crippen LogP contribution in [-0.4, -0.2) is 18.0 Å². The SMILES string of the molecule is NC1CC2C(C[C@@H]1N)C2(F)F. The summed E-state index contributed by atoms with van der Waals surface area (Å²) in [5.74, 6) is -3.37. The van der Waals surface area contributed by atoms with E-state index in [-0.39, 0.29) is 12.1 Å². The molecule has 4 N–H and O–H groups in total. The van der Waals surface area contributed by atoms with Gasteiger partial charge in [-0.1, -0.05) is 0 Å². The first-order valence-electron chi connectivity index (χ1n) is 3.92. The van der Waals surface area contributed by atoms with Gasteiger partial charge in [-0.2, -0.15) is 0 Å². The van der Waals surface area contributed by atoms with Crippen molar-refractivity contribution >= 4 is 0 Å². The molecule has 0 amide bonds. The highest BCUT2D eigenvalue weighted by molar-refractivity contribution is 5.11. The molecule has 0 bridgehead atoms. The number of hydrogen-bond donors (Lipinski definition) is 2. The van der Waals surface area contributed by atoms with Crippen LogP contribution in [0.4, 0.5) is 8.78 Å². The summed E-state index contributed by atoms with van der Waals surface area (Å²) in [6, 6.07) is -0.436. The predicted octanol–water partition coefficient (Wildman–Crippen LogP) is 0.316. The lowest BCUT2D eigenvalue weighted by Crippen LogP contribution is -2.44. The Kier molecular flexibility index (Phi) is 1.30. The van der Waals surface area contributed by atoms with E-state index in [0.717, 1.165) is 0 Å². The van der Waals surface area contributed by atoms with Gasteiger partial charge in [0.1, 0.15) is 0 Å². The van der Waals surface area contributed by atoms with Crippen LogP contribution in [0.1, 0.15) is 12.8 Å². The maximum atomic E-state index is 12.7. The van der Waals surface area contributed by atoms with Crippen LogP contribution >= 0.6 is 0 Å². The van der Waals surface area contributed by atoms with E-state index in [1.165, 1.54) is 0 Å². The molecule has 2 nitrogen and oxygen atoms in total. The quantitative estimate of drug-likeness (QED) is 0.538. The molecule has 2 aliphatic carbocycles. The maximum absolute atomic E-state index is 12.7. The average molecular weight is 162 g/mol. The molecule has 3 unspecified atom stereocenters. The zero-order valence-corrected chi connectivity index (χ0v) is 6.13. The topological polar surface area (TPSA) is 52.0 Å². The Morgan fingerprint density at radius 3 is 1.73 bits per heavy atom. The molecular weight excluding hydrogens is 150 g/mol. The fourth-order valence-corrected chi connectivity index (χ4v) is 2.04. The first kappa shape index (κ1) is 7.43. The van der Waals surface area contributed by atoms with Crippen molar-refractivity contribution in [3.63, 3.8) is 0 Å². The van der Waals surface area contributed by atoms with Gasteiger partial charge in [-0.15, -0.1) is 0 Å². The number of halogens is 2. The second-order valence-electron chi connectivity index (χ2n) is 3.69. The molecule has 4 heteroatoms. The minimum absolute atomic E-state index is 0.218. The van der Waals surface area contributed by atoms with Crippen LogP contribution in [-0.2, 0) is 0 Å². The summed E-state index contributed by atoms with van der Waals surface area (Å²) in [6.07, 6.45) is 0.803. The molecule has 11 heavy (non-hydrogen) atoms. The third kappa shape index (κ3) is 0.891. The lowest BCUT2D eigenvalue weighted by atomic mass is 9.92. The number of fused-ring (bicyclic) bond motifs is 1. The molecule has 2 aliphatic rings. The second kappa shape index (κ2) is 1.93. The summed E-state index contributed by atoms with van der Waals surface area (Å²) in [5.41, 5.74) is 11.1. The van der Waals surface area contributed by atoms with Crippen LogP contribution in [0.2, 0.25) is 0 Å². The molecule has 0 aromatic rings. The predicted molar refractivity (Wildman–Crippen MR) is 37.1 cm³/mol. The normalized spacial score (nSPS) is 53.5. The molecule has 4 atom stereocenters. The highest BCUT2D eigenvalue weighted by atomic mass is 19.3. The molecule has 0 radical (unpaired) electrons. The summed E-state index contributed by atoms with van der Waals surface area (Å²) in [7, 11) is 0. The zero-order valence-electron chi connectivity index (χ0n) is 6.13. The molecule has 0 aliphatic heterocycles. The monoisotopic (exact) mass is 162 g/mol. The first-order chi connectivity index (χ1) is 5.03. The fraction of sp³-hybridized carbons (Fsp3) is 1.00. The molecule has 0 aromatic heterocycles. The Morgan fingerprint density at radius 1 is 1.00 bits per heavy atom. The van der Waals surface area contributed by atoms with Gasteiger partial charge in [-0.25, -0.2) is 8.78 Å². The van der Waals surface area contributed by atoms with Crippen molar-refractivity contribution in [2.45, 2.75) is 30.8 Å². The van der Waals surface area contributed by atoms with E-state index >= 15 is 0 Å². The van der Waals surface area contributed by atoms with Crippen molar-refractivity contribution in [1.82, 2.24) is 0 Å². The molecule has 2 fully saturated rings. The van der Waals surface area contributed by atoms with Gasteiger partial charge in [0.15, 0.2) is 0 Å². The van der Waals surface area contributed by atoms with Crippen LogP contribution in [0.3, 0.4) is 0 Å². The lowest BCUT2D eigenvalue weighted by Gasteiger charge is -2.22. The minimum atomic E-state index is -2.45. The van der Waals surface area contributed by atoms with Crippen molar-refractivity contribution < 1.29 is 8.78 Å². The van der Waals surface area contributed by atoms with Gasteiger partial charge in [-0.05, 0) is 12.8 Å². The van der Waals surface area contributed by atoms with E-state index in [1.54, 1.807) is 0 Å². The Hall–Kier alpha value is -0.220. The highest BCUT2D eigenvalue weighted by Crippen LogP contribution is 2.61. The minimum Gasteiger partial charge on any atom is -0.326 e. The van der Waals surface area contributed by atoms with Gasteiger partial charge >= 0.3 is 0 Å². The highest BCUT2D eigenvalue weighted by Gasteiger charge is 2.69. The van der Waals surface area contributed by atoms with Gasteiger partial charge in [0.05, 0.1) is 0 Å². The Bertz CT molecular complexity index is 165. The Balaban J connectivity index is 2.07. The van der Waals surface area contributed by atoms with E-state index in [0.29, 0.717) is 12.8 Å². The van der Waals surface area contributed by atoms with Gasteiger partial charge < -0.3 is 11.5 Å². The van der Waals surface area contributed by atoms with Gasteiger partial charge in [0.2, 0.25) is 0 Å². The van der Waals surface area contributed by atoms with Crippen molar-refractivity contribution in [3.8, 4) is 0 Å². The second-order valence-corrected chi connectivity index (χ2v) is 3.69. The zero-order chi connectivity index (χ0) is 8.22. The van der Waals surface area contributed by atoms with Gasteiger partial charge in [0.25, 0.3) is 5.92 Å².